The van der Waals surface area contributed by atoms with Gasteiger partial charge in [0, 0.05) is 55.8 Å². The summed E-state index contributed by atoms with van der Waals surface area (Å²) in [6, 6.07) is 71.7. The van der Waals surface area contributed by atoms with Crippen LogP contribution in [0.15, 0.2) is 205 Å². The first kappa shape index (κ1) is 48.6. The second-order valence-electron chi connectivity index (χ2n) is 18.7. The van der Waals surface area contributed by atoms with Crippen molar-refractivity contribution in [3.8, 4) is 44.5 Å². The maximum absolute atomic E-state index is 2.45. The van der Waals surface area contributed by atoms with Crippen molar-refractivity contribution < 1.29 is 0 Å². The third-order valence-corrected chi connectivity index (χ3v) is 15.6. The van der Waals surface area contributed by atoms with E-state index in [0.29, 0.717) is 0 Å². The van der Waals surface area contributed by atoms with E-state index in [1.54, 1.807) is 0 Å². The molecule has 0 spiro atoms. The molecule has 0 saturated carbocycles. The van der Waals surface area contributed by atoms with Gasteiger partial charge in [-0.1, -0.05) is 224 Å². The molecule has 0 amide bonds. The van der Waals surface area contributed by atoms with Crippen molar-refractivity contribution in [1.82, 2.24) is 0 Å². The smallest absolute Gasteiger partial charge is 0.109 e. The second kappa shape index (κ2) is 24.9. The fourth-order valence-electron chi connectivity index (χ4n) is 9.81. The maximum Gasteiger partial charge on any atom is 0.109 e. The van der Waals surface area contributed by atoms with E-state index in [2.05, 4.69) is 229 Å². The van der Waals surface area contributed by atoms with Crippen molar-refractivity contribution in [2.45, 2.75) is 104 Å². The Labute approximate surface area is 427 Å². The van der Waals surface area contributed by atoms with E-state index < -0.39 is 0 Å². The molecular formula is C66H68N2S2. The topological polar surface area (TPSA) is 6.48 Å². The lowest BCUT2D eigenvalue weighted by Gasteiger charge is -2.28. The molecular weight excluding hydrogens is 885 g/mol. The van der Waals surface area contributed by atoms with Gasteiger partial charge in [-0.05, 0) is 108 Å². The molecule has 0 saturated heterocycles. The van der Waals surface area contributed by atoms with Crippen LogP contribution in [0.1, 0.15) is 102 Å². The number of rotatable bonds is 24. The molecule has 2 heterocycles. The number of nitrogens with zero attached hydrogens (tertiary/aromatic N) is 2. The molecule has 0 N–H and O–H groups in total. The molecule has 0 aliphatic carbocycles. The molecule has 0 fully saturated rings. The number of benzene rings is 7. The zero-order valence-electron chi connectivity index (χ0n) is 41.2. The van der Waals surface area contributed by atoms with E-state index in [4.69, 9.17) is 0 Å². The van der Waals surface area contributed by atoms with Crippen LogP contribution in [0.5, 0.6) is 0 Å². The van der Waals surface area contributed by atoms with Gasteiger partial charge < -0.3 is 9.80 Å². The van der Waals surface area contributed by atoms with Gasteiger partial charge in [-0.2, -0.15) is 0 Å². The first-order valence-electron chi connectivity index (χ1n) is 26.0. The van der Waals surface area contributed by atoms with Gasteiger partial charge >= 0.3 is 0 Å². The summed E-state index contributed by atoms with van der Waals surface area (Å²) in [5.41, 5.74) is 17.3. The number of aryl methyl sites for hydroxylation is 2. The van der Waals surface area contributed by atoms with Gasteiger partial charge in [0.2, 0.25) is 0 Å². The van der Waals surface area contributed by atoms with E-state index in [0.717, 1.165) is 35.6 Å². The summed E-state index contributed by atoms with van der Waals surface area (Å²) in [5, 5.41) is 7.13. The minimum atomic E-state index is 1.11. The Morgan fingerprint density at radius 1 is 0.300 bits per heavy atom. The number of unbranched alkanes of at least 4 members (excludes halogenated alkanes) is 10. The third kappa shape index (κ3) is 11.9. The Morgan fingerprint density at radius 3 is 0.971 bits per heavy atom. The molecule has 2 aromatic heterocycles. The van der Waals surface area contributed by atoms with Crippen LogP contribution in [0.4, 0.5) is 32.8 Å². The zero-order chi connectivity index (χ0) is 47.7. The van der Waals surface area contributed by atoms with Gasteiger partial charge in [0.1, 0.15) is 10.0 Å². The van der Waals surface area contributed by atoms with Crippen molar-refractivity contribution in [1.29, 1.82) is 0 Å². The Hall–Kier alpha value is -6.46. The quantitative estimate of drug-likeness (QED) is 0.0557. The Kier molecular flexibility index (Phi) is 17.3. The summed E-state index contributed by atoms with van der Waals surface area (Å²) in [7, 11) is 0. The Bertz CT molecular complexity index is 2720. The van der Waals surface area contributed by atoms with E-state index in [1.165, 1.54) is 143 Å². The molecule has 354 valence electrons. The van der Waals surface area contributed by atoms with Crippen LogP contribution in [0, 0.1) is 0 Å². The van der Waals surface area contributed by atoms with Gasteiger partial charge in [0.15, 0.2) is 0 Å². The Morgan fingerprint density at radius 2 is 0.614 bits per heavy atom. The molecule has 0 atom stereocenters. The lowest BCUT2D eigenvalue weighted by molar-refractivity contribution is 0.607. The average molecular weight is 953 g/mol. The number of anilines is 6. The number of hydrogen-bond acceptors (Lipinski definition) is 4. The van der Waals surface area contributed by atoms with Crippen LogP contribution in [-0.2, 0) is 12.8 Å². The van der Waals surface area contributed by atoms with Gasteiger partial charge in [0.05, 0.1) is 0 Å². The summed E-state index contributed by atoms with van der Waals surface area (Å²) in [5.74, 6) is 0. The summed E-state index contributed by atoms with van der Waals surface area (Å²) >= 11 is 3.64. The predicted molar refractivity (Wildman–Crippen MR) is 307 cm³/mol. The fourth-order valence-corrected chi connectivity index (χ4v) is 12.1. The zero-order valence-corrected chi connectivity index (χ0v) is 42.9. The SMILES string of the molecule is CCCCCCCCc1ccc(-c2csc(N(c3ccccc3)c3ccc(N(c4ccccc4)c4scc(-c5ccc(CCCCCCCC)cc5)c4-c4ccccc4)cc3)c2-c2ccccc2)cc1. The van der Waals surface area contributed by atoms with Crippen LogP contribution >= 0.6 is 22.7 Å². The number of hydrogen-bond donors (Lipinski definition) is 0. The third-order valence-electron chi connectivity index (χ3n) is 13.6. The van der Waals surface area contributed by atoms with E-state index in [-0.39, 0.29) is 0 Å². The highest BCUT2D eigenvalue weighted by Crippen LogP contribution is 2.52. The minimum Gasteiger partial charge on any atom is -0.301 e. The summed E-state index contributed by atoms with van der Waals surface area (Å²) < 4.78 is 0. The van der Waals surface area contributed by atoms with Crippen LogP contribution in [0.3, 0.4) is 0 Å². The molecule has 0 aliphatic heterocycles. The van der Waals surface area contributed by atoms with E-state index >= 15 is 0 Å². The predicted octanol–water partition coefficient (Wildman–Crippen LogP) is 21.2. The van der Waals surface area contributed by atoms with Crippen molar-refractivity contribution in [3.05, 3.63) is 216 Å². The first-order valence-corrected chi connectivity index (χ1v) is 27.8. The number of para-hydroxylation sites is 2. The van der Waals surface area contributed by atoms with Crippen molar-refractivity contribution in [3.63, 3.8) is 0 Å². The molecule has 70 heavy (non-hydrogen) atoms. The molecule has 0 aliphatic rings. The van der Waals surface area contributed by atoms with Crippen LogP contribution in [0.2, 0.25) is 0 Å². The lowest BCUT2D eigenvalue weighted by atomic mass is 9.96. The van der Waals surface area contributed by atoms with E-state index in [9.17, 15) is 0 Å². The standard InChI is InChI=1S/C66H68N2S2/c1-3-5-7-9-11-17-27-51-37-41-53(42-38-51)61-49-69-65(63(61)55-29-19-13-20-30-55)67(57-33-23-15-24-34-57)59-45-47-60(48-46-59)68(58-35-25-16-26-36-58)66-64(56-31-21-14-22-32-56)62(50-70-66)54-43-39-52(40-44-54)28-18-12-10-8-6-4-2/h13-16,19-26,29-50H,3-12,17-18,27-28H2,1-2H3. The molecule has 9 aromatic rings. The minimum absolute atomic E-state index is 1.11. The number of thiophene rings is 2. The van der Waals surface area contributed by atoms with Gasteiger partial charge in [-0.15, -0.1) is 22.7 Å². The summed E-state index contributed by atoms with van der Waals surface area (Å²) in [4.78, 5) is 4.91. The first-order chi connectivity index (χ1) is 34.7. The normalized spacial score (nSPS) is 11.2. The molecule has 0 unspecified atom stereocenters. The second-order valence-corrected chi connectivity index (χ2v) is 20.4. The Balaban J connectivity index is 1.07. The van der Waals surface area contributed by atoms with Crippen molar-refractivity contribution in [2.24, 2.45) is 0 Å². The highest BCUT2D eigenvalue weighted by Gasteiger charge is 2.26. The van der Waals surface area contributed by atoms with Crippen LogP contribution in [0.25, 0.3) is 44.5 Å². The van der Waals surface area contributed by atoms with Crippen molar-refractivity contribution >= 4 is 55.4 Å². The summed E-state index contributed by atoms with van der Waals surface area (Å²) in [6.07, 6.45) is 18.1. The summed E-state index contributed by atoms with van der Waals surface area (Å²) in [6.45, 7) is 4.58. The lowest BCUT2D eigenvalue weighted by Crippen LogP contribution is -2.12. The van der Waals surface area contributed by atoms with Crippen LogP contribution < -0.4 is 9.80 Å². The van der Waals surface area contributed by atoms with Gasteiger partial charge in [0.25, 0.3) is 0 Å². The molecule has 4 heteroatoms. The molecule has 2 nitrogen and oxygen atoms in total. The van der Waals surface area contributed by atoms with Gasteiger partial charge in [-0.3, -0.25) is 0 Å². The highest BCUT2D eigenvalue weighted by atomic mass is 32.1. The molecule has 0 bridgehead atoms. The van der Waals surface area contributed by atoms with Crippen molar-refractivity contribution in [2.75, 3.05) is 9.80 Å². The molecule has 7 aromatic carbocycles. The molecule has 9 rings (SSSR count). The van der Waals surface area contributed by atoms with Crippen LogP contribution in [-0.4, -0.2) is 0 Å². The van der Waals surface area contributed by atoms with Gasteiger partial charge in [-0.25, -0.2) is 0 Å². The monoisotopic (exact) mass is 952 g/mol. The fraction of sp³-hybridized carbons (Fsp3) is 0.242. The highest BCUT2D eigenvalue weighted by molar-refractivity contribution is 7.16. The molecule has 0 radical (unpaired) electrons. The maximum atomic E-state index is 2.45. The van der Waals surface area contributed by atoms with E-state index in [1.807, 2.05) is 22.7 Å². The average Bonchev–Trinajstić information content (AvgIpc) is 4.06. The largest absolute Gasteiger partial charge is 0.301 e.